The summed E-state index contributed by atoms with van der Waals surface area (Å²) in [6.45, 7) is 14.5. The Morgan fingerprint density at radius 1 is 0.951 bits per heavy atom. The standard InChI is InChI=1S/C44H58N10O4.CH2O2/c1-30-10-8-9-19-52(30)43-48-47-40-18-15-33(28-53(40)43)58-37-17-16-36(34-11-6-7-12-35(34)37)45-42(56)46-41-27-39(44(2,3)4)49-54(41)32-14-13-31(29-55)38(26-32)57-25-24-51-22-20-50(5)21-23-51;2-1-3/h6-7,11-15,18,26-28,30,36-37,55H,8-10,16-17,19-25,29H2,1-5H3,(H2,45,46,56);1H,(H,2,3)/t30?,36-,37+;/m0./s1. The molecule has 2 amide bonds. The first-order valence-electron chi connectivity index (χ1n) is 21.4. The van der Waals surface area contributed by atoms with Crippen LogP contribution in [0.4, 0.5) is 16.6 Å². The van der Waals surface area contributed by atoms with E-state index in [0.29, 0.717) is 36.2 Å². The molecule has 0 bridgehead atoms. The van der Waals surface area contributed by atoms with E-state index in [4.69, 9.17) is 24.5 Å². The highest BCUT2D eigenvalue weighted by atomic mass is 16.5. The summed E-state index contributed by atoms with van der Waals surface area (Å²) in [5, 5.41) is 37.4. The van der Waals surface area contributed by atoms with Crippen LogP contribution in [0, 0.1) is 0 Å². The number of ether oxygens (including phenoxy) is 2. The summed E-state index contributed by atoms with van der Waals surface area (Å²) in [5.74, 6) is 2.75. The third kappa shape index (κ3) is 10.3. The van der Waals surface area contributed by atoms with Gasteiger partial charge in [-0.05, 0) is 75.4 Å². The number of fused-ring (bicyclic) bond motifs is 2. The molecule has 1 unspecified atom stereocenters. The quantitative estimate of drug-likeness (QED) is 0.111. The Hall–Kier alpha value is -5.71. The number of hydrogen-bond donors (Lipinski definition) is 4. The number of nitrogens with zero attached hydrogens (tertiary/aromatic N) is 8. The van der Waals surface area contributed by atoms with Gasteiger partial charge in [0, 0.05) is 68.4 Å². The summed E-state index contributed by atoms with van der Waals surface area (Å²) in [6, 6.07) is 19.6. The number of amides is 2. The van der Waals surface area contributed by atoms with Crippen molar-refractivity contribution in [2.24, 2.45) is 0 Å². The molecule has 0 saturated carbocycles. The SMILES string of the molecule is CC1CCCCN1c1nnc2ccc(O[C@@H]3CC[C@H](NC(=O)Nc4cc(C(C)(C)C)nn4-c4ccc(CO)c(OCCN5CCN(C)CC5)c4)c4ccccc43)cn12.O=CO. The predicted molar refractivity (Wildman–Crippen MR) is 234 cm³/mol. The first-order valence-corrected chi connectivity index (χ1v) is 21.4. The lowest BCUT2D eigenvalue weighted by molar-refractivity contribution is -0.122. The van der Waals surface area contributed by atoms with Gasteiger partial charge in [0.25, 0.3) is 6.47 Å². The third-order valence-electron chi connectivity index (χ3n) is 11.9. The minimum Gasteiger partial charge on any atom is -0.492 e. The van der Waals surface area contributed by atoms with Gasteiger partial charge in [-0.15, -0.1) is 10.2 Å². The number of nitrogens with one attached hydrogen (secondary N) is 2. The van der Waals surface area contributed by atoms with Crippen LogP contribution in [0.5, 0.6) is 11.5 Å². The van der Waals surface area contributed by atoms with Crippen LogP contribution in [-0.4, -0.2) is 116 Å². The number of carbonyl (C=O) groups is 2. The highest BCUT2D eigenvalue weighted by Gasteiger charge is 2.31. The Morgan fingerprint density at radius 2 is 1.72 bits per heavy atom. The third-order valence-corrected chi connectivity index (χ3v) is 11.9. The van der Waals surface area contributed by atoms with Gasteiger partial charge in [0.15, 0.2) is 5.65 Å². The van der Waals surface area contributed by atoms with Gasteiger partial charge >= 0.3 is 6.03 Å². The van der Waals surface area contributed by atoms with Crippen LogP contribution in [0.3, 0.4) is 0 Å². The molecular formula is C45H60N10O6. The highest BCUT2D eigenvalue weighted by molar-refractivity contribution is 5.89. The number of hydrogen-bond acceptors (Lipinski definition) is 11. The topological polar surface area (TPSA) is 175 Å². The molecule has 4 N–H and O–H groups in total. The molecule has 5 aromatic rings. The van der Waals surface area contributed by atoms with Gasteiger partial charge in [0.2, 0.25) is 5.95 Å². The maximum absolute atomic E-state index is 13.9. The van der Waals surface area contributed by atoms with Crippen molar-refractivity contribution in [1.82, 2.24) is 39.5 Å². The lowest BCUT2D eigenvalue weighted by Gasteiger charge is -2.33. The zero-order chi connectivity index (χ0) is 43.1. The van der Waals surface area contributed by atoms with E-state index in [0.717, 1.165) is 98.4 Å². The number of benzene rings is 2. The highest BCUT2D eigenvalue weighted by Crippen LogP contribution is 2.39. The lowest BCUT2D eigenvalue weighted by Crippen LogP contribution is -2.45. The maximum Gasteiger partial charge on any atom is 0.320 e. The minimum atomic E-state index is -0.325. The second-order valence-corrected chi connectivity index (χ2v) is 17.2. The van der Waals surface area contributed by atoms with E-state index in [-0.39, 0.29) is 36.7 Å². The monoisotopic (exact) mass is 836 g/mol. The van der Waals surface area contributed by atoms with Gasteiger partial charge in [0.05, 0.1) is 30.2 Å². The van der Waals surface area contributed by atoms with Crippen molar-refractivity contribution in [3.63, 3.8) is 0 Å². The molecule has 16 nitrogen and oxygen atoms in total. The summed E-state index contributed by atoms with van der Waals surface area (Å²) >= 11 is 0. The number of aromatic nitrogens is 5. The number of urea groups is 1. The first-order chi connectivity index (χ1) is 29.4. The van der Waals surface area contributed by atoms with E-state index in [1.54, 1.807) is 4.68 Å². The fourth-order valence-corrected chi connectivity index (χ4v) is 8.35. The fraction of sp³-hybridized carbons (Fsp3) is 0.489. The van der Waals surface area contributed by atoms with E-state index in [9.17, 15) is 9.90 Å². The summed E-state index contributed by atoms with van der Waals surface area (Å²) in [5.41, 5.74) is 4.87. The maximum atomic E-state index is 13.9. The summed E-state index contributed by atoms with van der Waals surface area (Å²) in [4.78, 5) is 29.3. The molecule has 3 aromatic heterocycles. The number of aliphatic hydroxyl groups is 1. The van der Waals surface area contributed by atoms with Gasteiger partial charge in [-0.1, -0.05) is 51.1 Å². The van der Waals surface area contributed by atoms with Crippen molar-refractivity contribution in [2.45, 2.75) is 90.0 Å². The molecular weight excluding hydrogens is 777 g/mol. The normalized spacial score (nSPS) is 19.7. The Morgan fingerprint density at radius 3 is 2.46 bits per heavy atom. The van der Waals surface area contributed by atoms with Crippen molar-refractivity contribution in [1.29, 1.82) is 0 Å². The number of aliphatic hydroxyl groups excluding tert-OH is 1. The number of rotatable bonds is 11. The molecule has 326 valence electrons. The summed E-state index contributed by atoms with van der Waals surface area (Å²) in [6.07, 6.45) is 6.77. The van der Waals surface area contributed by atoms with Gasteiger partial charge < -0.3 is 34.8 Å². The smallest absolute Gasteiger partial charge is 0.320 e. The van der Waals surface area contributed by atoms with Crippen molar-refractivity contribution in [3.8, 4) is 17.2 Å². The van der Waals surface area contributed by atoms with Crippen LogP contribution in [0.25, 0.3) is 11.3 Å². The van der Waals surface area contributed by atoms with Crippen molar-refractivity contribution >= 4 is 29.9 Å². The van der Waals surface area contributed by atoms with Crippen LogP contribution >= 0.6 is 0 Å². The molecule has 3 atom stereocenters. The number of piperazine rings is 1. The molecule has 8 rings (SSSR count). The van der Waals surface area contributed by atoms with Crippen LogP contribution in [-0.2, 0) is 16.8 Å². The van der Waals surface area contributed by atoms with Crippen LogP contribution < -0.4 is 25.0 Å². The Labute approximate surface area is 357 Å². The zero-order valence-corrected chi connectivity index (χ0v) is 36.0. The van der Waals surface area contributed by atoms with E-state index in [1.807, 2.05) is 59.1 Å². The Kier molecular flexibility index (Phi) is 13.8. The number of anilines is 2. The fourth-order valence-electron chi connectivity index (χ4n) is 8.35. The Bertz CT molecular complexity index is 2260. The van der Waals surface area contributed by atoms with Gasteiger partial charge in [-0.3, -0.25) is 19.4 Å². The average Bonchev–Trinajstić information content (AvgIpc) is 3.87. The summed E-state index contributed by atoms with van der Waals surface area (Å²) in [7, 11) is 2.15. The molecule has 2 saturated heterocycles. The van der Waals surface area contributed by atoms with Crippen LogP contribution in [0.1, 0.15) is 94.3 Å². The molecule has 16 heteroatoms. The first kappa shape index (κ1) is 43.4. The largest absolute Gasteiger partial charge is 0.492 e. The van der Waals surface area contributed by atoms with Crippen molar-refractivity contribution in [3.05, 3.63) is 89.2 Å². The number of carboxylic acid groups (broad SMARTS) is 1. The van der Waals surface area contributed by atoms with Crippen LogP contribution in [0.15, 0.2) is 66.9 Å². The van der Waals surface area contributed by atoms with E-state index < -0.39 is 0 Å². The minimum absolute atomic E-state index is 0.144. The predicted octanol–water partition coefficient (Wildman–Crippen LogP) is 6.19. The average molecular weight is 837 g/mol. The molecule has 0 spiro atoms. The molecule has 61 heavy (non-hydrogen) atoms. The second-order valence-electron chi connectivity index (χ2n) is 17.2. The van der Waals surface area contributed by atoms with Crippen LogP contribution in [0.2, 0.25) is 0 Å². The number of piperidine rings is 1. The van der Waals surface area contributed by atoms with E-state index in [2.05, 4.69) is 82.4 Å². The molecule has 2 aliphatic heterocycles. The van der Waals surface area contributed by atoms with Crippen molar-refractivity contribution in [2.75, 3.05) is 63.1 Å². The zero-order valence-electron chi connectivity index (χ0n) is 36.0. The second kappa shape index (κ2) is 19.3. The van der Waals surface area contributed by atoms with Crippen molar-refractivity contribution < 1.29 is 29.3 Å². The molecule has 1 aliphatic carbocycles. The van der Waals surface area contributed by atoms with Gasteiger partial charge in [-0.2, -0.15) is 5.10 Å². The van der Waals surface area contributed by atoms with Gasteiger partial charge in [0.1, 0.15) is 30.0 Å². The number of pyridine rings is 1. The van der Waals surface area contributed by atoms with E-state index >= 15 is 0 Å². The number of carbonyl (C=O) groups excluding carboxylic acids is 1. The molecule has 5 heterocycles. The van der Waals surface area contributed by atoms with Gasteiger partial charge in [-0.25, -0.2) is 9.48 Å². The lowest BCUT2D eigenvalue weighted by atomic mass is 9.85. The molecule has 2 aromatic carbocycles. The van der Waals surface area contributed by atoms with E-state index in [1.165, 1.54) is 6.42 Å². The number of likely N-dealkylation sites (N-methyl/N-ethyl adjacent to an activating group) is 1. The molecule has 2 fully saturated rings. The molecule has 0 radical (unpaired) electrons. The Balaban J connectivity index is 0.00000182. The molecule has 3 aliphatic rings. The summed E-state index contributed by atoms with van der Waals surface area (Å²) < 4.78 is 16.8.